The van der Waals surface area contributed by atoms with E-state index in [1.807, 2.05) is 0 Å². The third kappa shape index (κ3) is 2.14. The normalized spacial score (nSPS) is 9.43. The first-order valence-electron chi connectivity index (χ1n) is 3.63. The molecule has 0 amide bonds. The Hall–Kier alpha value is -0.866. The van der Waals surface area contributed by atoms with Crippen LogP contribution in [0.4, 0.5) is 0 Å². The van der Waals surface area contributed by atoms with Crippen LogP contribution < -0.4 is 0 Å². The van der Waals surface area contributed by atoms with Crippen molar-refractivity contribution in [3.8, 4) is 0 Å². The average molecular weight is 262 g/mol. The standard InChI is InChI=1S/C9H5N2O2.Y/c12-9(13)6-1-2-8-7(3-6)4-10-5-11-8;/h1-4H,(H,12,13);/q-1;. The van der Waals surface area contributed by atoms with Crippen LogP contribution in [0.1, 0.15) is 10.4 Å². The molecule has 1 radical (unpaired) electrons. The molecule has 67 valence electrons. The van der Waals surface area contributed by atoms with Gasteiger partial charge in [-0.3, -0.25) is 0 Å². The minimum Gasteiger partial charge on any atom is -0.478 e. The zero-order valence-electron chi connectivity index (χ0n) is 7.14. The Morgan fingerprint density at radius 1 is 1.43 bits per heavy atom. The minimum atomic E-state index is -0.949. The van der Waals surface area contributed by atoms with Crippen molar-refractivity contribution in [1.82, 2.24) is 9.97 Å². The number of fused-ring (bicyclic) bond motifs is 1. The van der Waals surface area contributed by atoms with Crippen LogP contribution in [0, 0.1) is 6.33 Å². The molecule has 5 heteroatoms. The van der Waals surface area contributed by atoms with E-state index in [1.54, 1.807) is 6.07 Å². The second-order valence-electron chi connectivity index (χ2n) is 2.55. The largest absolute Gasteiger partial charge is 0.478 e. The maximum absolute atomic E-state index is 10.6. The molecule has 0 saturated heterocycles. The van der Waals surface area contributed by atoms with Crippen LogP contribution in [0.5, 0.6) is 0 Å². The molecular weight excluding hydrogens is 257 g/mol. The summed E-state index contributed by atoms with van der Waals surface area (Å²) in [5, 5.41) is 9.40. The molecule has 0 atom stereocenters. The van der Waals surface area contributed by atoms with E-state index in [4.69, 9.17) is 5.11 Å². The van der Waals surface area contributed by atoms with Gasteiger partial charge in [0.1, 0.15) is 0 Å². The summed E-state index contributed by atoms with van der Waals surface area (Å²) < 4.78 is 0. The number of hydrogen-bond acceptors (Lipinski definition) is 3. The van der Waals surface area contributed by atoms with Crippen molar-refractivity contribution in [2.45, 2.75) is 0 Å². The topological polar surface area (TPSA) is 63.1 Å². The molecular formula is C9H5N2O2Y-. The molecule has 4 nitrogen and oxygen atoms in total. The van der Waals surface area contributed by atoms with Crippen LogP contribution in [0.3, 0.4) is 0 Å². The number of nitrogens with zero attached hydrogens (tertiary/aromatic N) is 2. The molecule has 1 N–H and O–H groups in total. The Labute approximate surface area is 105 Å². The van der Waals surface area contributed by atoms with Crippen molar-refractivity contribution in [1.29, 1.82) is 0 Å². The Morgan fingerprint density at radius 3 is 2.93 bits per heavy atom. The molecule has 1 heterocycles. The molecule has 0 bridgehead atoms. The molecule has 14 heavy (non-hydrogen) atoms. The Balaban J connectivity index is 0.000000980. The molecule has 0 unspecified atom stereocenters. The van der Waals surface area contributed by atoms with E-state index < -0.39 is 5.97 Å². The molecule has 0 fully saturated rings. The van der Waals surface area contributed by atoms with Crippen molar-refractivity contribution in [3.05, 3.63) is 36.3 Å². The van der Waals surface area contributed by atoms with E-state index in [0.717, 1.165) is 0 Å². The van der Waals surface area contributed by atoms with Gasteiger partial charge in [-0.25, -0.2) is 4.79 Å². The predicted octanol–water partition coefficient (Wildman–Crippen LogP) is 1.13. The van der Waals surface area contributed by atoms with Gasteiger partial charge >= 0.3 is 5.97 Å². The Kier molecular flexibility index (Phi) is 3.66. The van der Waals surface area contributed by atoms with Gasteiger partial charge in [0.25, 0.3) is 0 Å². The fourth-order valence-corrected chi connectivity index (χ4v) is 1.07. The van der Waals surface area contributed by atoms with E-state index in [1.165, 1.54) is 18.3 Å². The summed E-state index contributed by atoms with van der Waals surface area (Å²) in [6, 6.07) is 4.67. The smallest absolute Gasteiger partial charge is 0.335 e. The number of aromatic nitrogens is 2. The molecule has 0 aliphatic carbocycles. The first-order valence-corrected chi connectivity index (χ1v) is 3.63. The fraction of sp³-hybridized carbons (Fsp3) is 0. The Morgan fingerprint density at radius 2 is 2.21 bits per heavy atom. The number of carboxylic acids is 1. The zero-order valence-corrected chi connectivity index (χ0v) is 9.97. The van der Waals surface area contributed by atoms with Crippen LogP contribution in [0.2, 0.25) is 0 Å². The van der Waals surface area contributed by atoms with Gasteiger partial charge in [0.2, 0.25) is 0 Å². The summed E-state index contributed by atoms with van der Waals surface area (Å²) >= 11 is 0. The predicted molar refractivity (Wildman–Crippen MR) is 45.3 cm³/mol. The van der Waals surface area contributed by atoms with Crippen LogP contribution in [-0.4, -0.2) is 21.0 Å². The van der Waals surface area contributed by atoms with Gasteiger partial charge in [0, 0.05) is 39.0 Å². The number of carboxylic acid groups (broad SMARTS) is 1. The summed E-state index contributed by atoms with van der Waals surface area (Å²) in [7, 11) is 0. The SMILES string of the molecule is O=C(O)c1ccc2n[c-]ncc2c1.[Y]. The first kappa shape index (κ1) is 11.2. The molecule has 0 saturated carbocycles. The summed E-state index contributed by atoms with van der Waals surface area (Å²) in [6.07, 6.45) is 3.97. The summed E-state index contributed by atoms with van der Waals surface area (Å²) in [5.74, 6) is -0.949. The van der Waals surface area contributed by atoms with Gasteiger partial charge in [-0.1, -0.05) is 29.8 Å². The van der Waals surface area contributed by atoms with Crippen molar-refractivity contribution in [2.75, 3.05) is 0 Å². The zero-order chi connectivity index (χ0) is 9.26. The summed E-state index contributed by atoms with van der Waals surface area (Å²) in [4.78, 5) is 18.1. The monoisotopic (exact) mass is 262 g/mol. The minimum absolute atomic E-state index is 0. The number of hydrogen-bond donors (Lipinski definition) is 1. The van der Waals surface area contributed by atoms with Crippen molar-refractivity contribution in [3.63, 3.8) is 0 Å². The van der Waals surface area contributed by atoms with E-state index >= 15 is 0 Å². The van der Waals surface area contributed by atoms with Crippen LogP contribution in [0.25, 0.3) is 10.9 Å². The van der Waals surface area contributed by atoms with E-state index in [0.29, 0.717) is 10.9 Å². The quantitative estimate of drug-likeness (QED) is 0.782. The van der Waals surface area contributed by atoms with Gasteiger partial charge in [0.15, 0.2) is 0 Å². The van der Waals surface area contributed by atoms with Crippen LogP contribution >= 0.6 is 0 Å². The van der Waals surface area contributed by atoms with E-state index in [-0.39, 0.29) is 38.3 Å². The maximum atomic E-state index is 10.6. The summed E-state index contributed by atoms with van der Waals surface area (Å²) in [6.45, 7) is 0. The molecule has 0 aliphatic heterocycles. The molecule has 2 aromatic rings. The van der Waals surface area contributed by atoms with Crippen molar-refractivity contribution in [2.24, 2.45) is 0 Å². The molecule has 0 spiro atoms. The number of carbonyl (C=O) groups is 1. The molecule has 1 aromatic heterocycles. The molecule has 0 aliphatic rings. The Bertz CT molecular complexity index is 473. The van der Waals surface area contributed by atoms with E-state index in [9.17, 15) is 4.79 Å². The average Bonchev–Trinajstić information content (AvgIpc) is 2.17. The molecule has 2 rings (SSSR count). The number of aromatic carboxylic acids is 1. The van der Waals surface area contributed by atoms with Gasteiger partial charge in [-0.15, -0.1) is 0 Å². The second kappa shape index (κ2) is 4.57. The van der Waals surface area contributed by atoms with Crippen molar-refractivity contribution < 1.29 is 42.6 Å². The third-order valence-electron chi connectivity index (χ3n) is 1.71. The molecule has 1 aromatic carbocycles. The second-order valence-corrected chi connectivity index (χ2v) is 2.55. The first-order chi connectivity index (χ1) is 6.27. The fourth-order valence-electron chi connectivity index (χ4n) is 1.07. The van der Waals surface area contributed by atoms with Gasteiger partial charge < -0.3 is 15.1 Å². The van der Waals surface area contributed by atoms with Gasteiger partial charge in [-0.05, 0) is 5.52 Å². The number of benzene rings is 1. The third-order valence-corrected chi connectivity index (χ3v) is 1.71. The van der Waals surface area contributed by atoms with E-state index in [2.05, 4.69) is 16.3 Å². The van der Waals surface area contributed by atoms with Gasteiger partial charge in [-0.2, -0.15) is 0 Å². The number of rotatable bonds is 1. The maximum Gasteiger partial charge on any atom is 0.335 e. The van der Waals surface area contributed by atoms with Crippen LogP contribution in [0.15, 0.2) is 24.4 Å². The van der Waals surface area contributed by atoms with Crippen LogP contribution in [-0.2, 0) is 32.7 Å². The van der Waals surface area contributed by atoms with Gasteiger partial charge in [0.05, 0.1) is 5.56 Å². The van der Waals surface area contributed by atoms with Crippen molar-refractivity contribution >= 4 is 16.9 Å². The summed E-state index contributed by atoms with van der Waals surface area (Å²) in [5.41, 5.74) is 0.933.